The Balaban J connectivity index is 1.99. The number of carbonyl (C=O) groups excluding carboxylic acids is 3. The molecule has 2 rings (SSSR count). The summed E-state index contributed by atoms with van der Waals surface area (Å²) in [5, 5.41) is 6.62. The average molecular weight is 383 g/mol. The predicted octanol–water partition coefficient (Wildman–Crippen LogP) is 2.73. The summed E-state index contributed by atoms with van der Waals surface area (Å²) >= 11 is 0. The molecule has 0 spiro atoms. The zero-order valence-electron chi connectivity index (χ0n) is 15.8. The van der Waals surface area contributed by atoms with E-state index in [0.29, 0.717) is 34.7 Å². The van der Waals surface area contributed by atoms with Crippen LogP contribution in [0.3, 0.4) is 0 Å². The first kappa shape index (κ1) is 20.6. The lowest BCUT2D eigenvalue weighted by atomic mass is 10.2. The fourth-order valence-corrected chi connectivity index (χ4v) is 2.19. The number of nitrogens with one attached hydrogen (secondary N) is 2. The smallest absolute Gasteiger partial charge is 0.308 e. The zero-order valence-corrected chi connectivity index (χ0v) is 15.8. The fraction of sp³-hybridized carbons (Fsp3) is 0.200. The molecule has 2 amide bonds. The van der Waals surface area contributed by atoms with Crippen LogP contribution < -0.4 is 20.2 Å². The number of ether oxygens (including phenoxy) is 2. The summed E-state index contributed by atoms with van der Waals surface area (Å²) in [4.78, 5) is 34.5. The lowest BCUT2D eigenvalue weighted by Crippen LogP contribution is -2.17. The molecule has 0 aromatic heterocycles. The first-order valence-corrected chi connectivity index (χ1v) is 8.52. The molecule has 146 valence electrons. The first-order valence-electron chi connectivity index (χ1n) is 8.52. The van der Waals surface area contributed by atoms with Crippen molar-refractivity contribution in [1.82, 2.24) is 5.43 Å². The largest absolute Gasteiger partial charge is 0.493 e. The number of carbonyl (C=O) groups is 3. The molecule has 8 heteroatoms. The standard InChI is InChI=1S/C20H21N3O5/c1-4-19(25)22-16-8-6-15(7-9-16)20(26)23-21-12-14-5-10-17(28-13(2)24)18(11-14)27-3/h5-12H,4H2,1-3H3,(H,22,25)(H,23,26)/b21-12+. The SMILES string of the molecule is CCC(=O)Nc1ccc(C(=O)N/N=C/c2ccc(OC(C)=O)c(OC)c2)cc1. The van der Waals surface area contributed by atoms with Crippen molar-refractivity contribution < 1.29 is 23.9 Å². The van der Waals surface area contributed by atoms with Crippen LogP contribution in [0.15, 0.2) is 47.6 Å². The molecule has 8 nitrogen and oxygen atoms in total. The molecule has 0 aliphatic carbocycles. The van der Waals surface area contributed by atoms with E-state index in [0.717, 1.165) is 0 Å². The van der Waals surface area contributed by atoms with Gasteiger partial charge >= 0.3 is 5.97 Å². The van der Waals surface area contributed by atoms with E-state index in [1.54, 1.807) is 49.4 Å². The number of rotatable bonds is 7. The van der Waals surface area contributed by atoms with Crippen molar-refractivity contribution in [2.75, 3.05) is 12.4 Å². The van der Waals surface area contributed by atoms with Crippen LogP contribution in [0.4, 0.5) is 5.69 Å². The summed E-state index contributed by atoms with van der Waals surface area (Å²) in [6.07, 6.45) is 1.82. The number of nitrogens with zero attached hydrogens (tertiary/aromatic N) is 1. The van der Waals surface area contributed by atoms with Crippen LogP contribution in [0.25, 0.3) is 0 Å². The van der Waals surface area contributed by atoms with Crippen molar-refractivity contribution in [2.24, 2.45) is 5.10 Å². The van der Waals surface area contributed by atoms with Gasteiger partial charge in [0.15, 0.2) is 11.5 Å². The van der Waals surface area contributed by atoms with Gasteiger partial charge in [0.2, 0.25) is 5.91 Å². The summed E-state index contributed by atoms with van der Waals surface area (Å²) in [6.45, 7) is 3.06. The van der Waals surface area contributed by atoms with Gasteiger partial charge in [-0.1, -0.05) is 6.92 Å². The van der Waals surface area contributed by atoms with Crippen LogP contribution >= 0.6 is 0 Å². The number of anilines is 1. The molecule has 0 saturated heterocycles. The summed E-state index contributed by atoms with van der Waals surface area (Å²) in [5.41, 5.74) is 4.08. The number of amides is 2. The minimum absolute atomic E-state index is 0.100. The number of hydrazone groups is 1. The van der Waals surface area contributed by atoms with Crippen LogP contribution in [0, 0.1) is 0 Å². The Hall–Kier alpha value is -3.68. The molecular weight excluding hydrogens is 362 g/mol. The Morgan fingerprint density at radius 1 is 1.07 bits per heavy atom. The fourth-order valence-electron chi connectivity index (χ4n) is 2.19. The maximum Gasteiger partial charge on any atom is 0.308 e. The number of esters is 1. The van der Waals surface area contributed by atoms with Gasteiger partial charge in [-0.25, -0.2) is 5.43 Å². The van der Waals surface area contributed by atoms with E-state index in [1.165, 1.54) is 20.2 Å². The van der Waals surface area contributed by atoms with Crippen molar-refractivity contribution in [3.63, 3.8) is 0 Å². The van der Waals surface area contributed by atoms with Crippen molar-refractivity contribution in [1.29, 1.82) is 0 Å². The van der Waals surface area contributed by atoms with Gasteiger partial charge < -0.3 is 14.8 Å². The molecule has 0 aliphatic rings. The van der Waals surface area contributed by atoms with E-state index < -0.39 is 11.9 Å². The van der Waals surface area contributed by atoms with Gasteiger partial charge in [0.25, 0.3) is 5.91 Å². The quantitative estimate of drug-likeness (QED) is 0.331. The minimum atomic E-state index is -0.452. The third-order valence-electron chi connectivity index (χ3n) is 3.57. The molecule has 0 bridgehead atoms. The Bertz CT molecular complexity index is 891. The Morgan fingerprint density at radius 3 is 2.39 bits per heavy atom. The average Bonchev–Trinajstić information content (AvgIpc) is 2.68. The monoisotopic (exact) mass is 383 g/mol. The Labute approximate surface area is 162 Å². The maximum atomic E-state index is 12.1. The second kappa shape index (κ2) is 9.86. The molecule has 0 unspecified atom stereocenters. The zero-order chi connectivity index (χ0) is 20.5. The third kappa shape index (κ3) is 5.94. The highest BCUT2D eigenvalue weighted by Gasteiger charge is 2.08. The van der Waals surface area contributed by atoms with Gasteiger partial charge in [-0.15, -0.1) is 0 Å². The number of hydrogen-bond acceptors (Lipinski definition) is 6. The molecule has 0 heterocycles. The van der Waals surface area contributed by atoms with Gasteiger partial charge in [0.05, 0.1) is 13.3 Å². The van der Waals surface area contributed by atoms with E-state index in [9.17, 15) is 14.4 Å². The van der Waals surface area contributed by atoms with E-state index >= 15 is 0 Å². The summed E-state index contributed by atoms with van der Waals surface area (Å²) in [5.74, 6) is -0.279. The summed E-state index contributed by atoms with van der Waals surface area (Å²) < 4.78 is 10.2. The van der Waals surface area contributed by atoms with Gasteiger partial charge in [0, 0.05) is 24.6 Å². The lowest BCUT2D eigenvalue weighted by Gasteiger charge is -2.08. The predicted molar refractivity (Wildman–Crippen MR) is 105 cm³/mol. The minimum Gasteiger partial charge on any atom is -0.493 e. The topological polar surface area (TPSA) is 106 Å². The second-order valence-electron chi connectivity index (χ2n) is 5.68. The highest BCUT2D eigenvalue weighted by atomic mass is 16.6. The Morgan fingerprint density at radius 2 is 1.79 bits per heavy atom. The van der Waals surface area contributed by atoms with Gasteiger partial charge in [0.1, 0.15) is 0 Å². The normalized spacial score (nSPS) is 10.4. The van der Waals surface area contributed by atoms with Crippen molar-refractivity contribution >= 4 is 29.7 Å². The van der Waals surface area contributed by atoms with Crippen LogP contribution in [-0.2, 0) is 9.59 Å². The molecule has 0 saturated carbocycles. The highest BCUT2D eigenvalue weighted by Crippen LogP contribution is 2.27. The van der Waals surface area contributed by atoms with Crippen LogP contribution in [0.2, 0.25) is 0 Å². The molecule has 0 radical (unpaired) electrons. The number of methoxy groups -OCH3 is 1. The molecule has 0 aliphatic heterocycles. The molecular formula is C20H21N3O5. The summed E-state index contributed by atoms with van der Waals surface area (Å²) in [6, 6.07) is 11.3. The van der Waals surface area contributed by atoms with Crippen molar-refractivity contribution in [3.05, 3.63) is 53.6 Å². The van der Waals surface area contributed by atoms with Crippen LogP contribution in [0.5, 0.6) is 11.5 Å². The third-order valence-corrected chi connectivity index (χ3v) is 3.57. The van der Waals surface area contributed by atoms with Crippen LogP contribution in [-0.4, -0.2) is 31.1 Å². The van der Waals surface area contributed by atoms with E-state index in [-0.39, 0.29) is 5.91 Å². The van der Waals surface area contributed by atoms with Crippen LogP contribution in [0.1, 0.15) is 36.2 Å². The molecule has 2 aromatic rings. The van der Waals surface area contributed by atoms with Crippen molar-refractivity contribution in [2.45, 2.75) is 20.3 Å². The molecule has 0 fully saturated rings. The van der Waals surface area contributed by atoms with E-state index in [2.05, 4.69) is 15.8 Å². The highest BCUT2D eigenvalue weighted by molar-refractivity contribution is 5.96. The summed E-state index contributed by atoms with van der Waals surface area (Å²) in [7, 11) is 1.46. The first-order chi connectivity index (χ1) is 13.4. The Kier molecular flexibility index (Phi) is 7.27. The van der Waals surface area contributed by atoms with Crippen molar-refractivity contribution in [3.8, 4) is 11.5 Å². The van der Waals surface area contributed by atoms with Gasteiger partial charge in [-0.2, -0.15) is 5.10 Å². The van der Waals surface area contributed by atoms with Gasteiger partial charge in [-0.05, 0) is 48.0 Å². The number of benzene rings is 2. The van der Waals surface area contributed by atoms with Gasteiger partial charge in [-0.3, -0.25) is 14.4 Å². The lowest BCUT2D eigenvalue weighted by molar-refractivity contribution is -0.132. The molecule has 2 N–H and O–H groups in total. The van der Waals surface area contributed by atoms with E-state index in [1.807, 2.05) is 0 Å². The maximum absolute atomic E-state index is 12.1. The second-order valence-corrected chi connectivity index (χ2v) is 5.68. The number of hydrogen-bond donors (Lipinski definition) is 2. The molecule has 2 aromatic carbocycles. The molecule has 0 atom stereocenters. The molecule has 28 heavy (non-hydrogen) atoms. The van der Waals surface area contributed by atoms with E-state index in [4.69, 9.17) is 9.47 Å².